The Morgan fingerprint density at radius 2 is 1.64 bits per heavy atom. The average molecular weight is 486 g/mol. The van der Waals surface area contributed by atoms with E-state index >= 15 is 0 Å². The van der Waals surface area contributed by atoms with Crippen molar-refractivity contribution in [2.75, 3.05) is 13.1 Å². The fourth-order valence-electron chi connectivity index (χ4n) is 5.44. The van der Waals surface area contributed by atoms with E-state index in [-0.39, 0.29) is 29.3 Å². The van der Waals surface area contributed by atoms with Crippen LogP contribution < -0.4 is 10.2 Å². The van der Waals surface area contributed by atoms with Crippen LogP contribution in [0.25, 0.3) is 0 Å². The van der Waals surface area contributed by atoms with E-state index < -0.39 is 17.3 Å². The van der Waals surface area contributed by atoms with Crippen LogP contribution in [0.4, 0.5) is 0 Å². The van der Waals surface area contributed by atoms with Crippen LogP contribution in [0.2, 0.25) is 0 Å². The number of fused-ring (bicyclic) bond motifs is 3. The Labute approximate surface area is 210 Å². The monoisotopic (exact) mass is 485 g/mol. The first-order valence-corrected chi connectivity index (χ1v) is 12.7. The van der Waals surface area contributed by atoms with Crippen molar-refractivity contribution in [1.29, 1.82) is 0 Å². The van der Waals surface area contributed by atoms with Gasteiger partial charge in [0.15, 0.2) is 5.69 Å². The number of amides is 1. The average Bonchev–Trinajstić information content (AvgIpc) is 3.04. The Balaban J connectivity index is 1.75. The fraction of sp³-hybridized carbons (Fsp3) is 0.379. The third-order valence-corrected chi connectivity index (χ3v) is 7.18. The van der Waals surface area contributed by atoms with Gasteiger partial charge in [0, 0.05) is 19.0 Å². The highest BCUT2D eigenvalue weighted by Crippen LogP contribution is 2.43. The second kappa shape index (κ2) is 9.72. The molecule has 3 aromatic rings. The number of carbonyl (C=O) groups is 2. The maximum absolute atomic E-state index is 13.7. The number of esters is 1. The Bertz CT molecular complexity index is 1330. The van der Waals surface area contributed by atoms with Gasteiger partial charge in [0.05, 0.1) is 18.2 Å². The molecule has 0 N–H and O–H groups in total. The van der Waals surface area contributed by atoms with Crippen LogP contribution in [0, 0.1) is 5.92 Å². The lowest BCUT2D eigenvalue weighted by atomic mass is 9.81. The molecule has 2 aromatic carbocycles. The van der Waals surface area contributed by atoms with Crippen LogP contribution in [0.3, 0.4) is 0 Å². The topological polar surface area (TPSA) is 81.5 Å². The van der Waals surface area contributed by atoms with Crippen LogP contribution in [0.5, 0.6) is 5.75 Å². The summed E-state index contributed by atoms with van der Waals surface area (Å²) >= 11 is 0. The molecule has 0 radical (unpaired) electrons. The van der Waals surface area contributed by atoms with E-state index in [4.69, 9.17) is 4.74 Å². The Kier molecular flexibility index (Phi) is 6.48. The number of rotatable bonds is 5. The van der Waals surface area contributed by atoms with Crippen molar-refractivity contribution in [3.63, 3.8) is 0 Å². The van der Waals surface area contributed by atoms with E-state index in [1.165, 1.54) is 22.3 Å². The van der Waals surface area contributed by atoms with Gasteiger partial charge in [-0.2, -0.15) is 5.10 Å². The predicted molar refractivity (Wildman–Crippen MR) is 136 cm³/mol. The summed E-state index contributed by atoms with van der Waals surface area (Å²) in [6, 6.07) is 16.6. The van der Waals surface area contributed by atoms with E-state index in [0.29, 0.717) is 13.1 Å². The molecule has 0 bridgehead atoms. The first kappa shape index (κ1) is 24.0. The van der Waals surface area contributed by atoms with Crippen molar-refractivity contribution >= 4 is 11.9 Å². The Morgan fingerprint density at radius 1 is 1.03 bits per heavy atom. The molecule has 0 saturated heterocycles. The molecule has 0 spiro atoms. The molecule has 2 aliphatic rings. The Hall–Kier alpha value is -3.74. The third kappa shape index (κ3) is 4.12. The Morgan fingerprint density at radius 3 is 2.22 bits per heavy atom. The molecule has 36 heavy (non-hydrogen) atoms. The van der Waals surface area contributed by atoms with E-state index in [1.54, 1.807) is 23.4 Å². The van der Waals surface area contributed by atoms with Crippen LogP contribution >= 0.6 is 0 Å². The van der Waals surface area contributed by atoms with Gasteiger partial charge in [-0.3, -0.25) is 19.1 Å². The van der Waals surface area contributed by atoms with Crippen molar-refractivity contribution in [1.82, 2.24) is 14.7 Å². The molecule has 7 nitrogen and oxygen atoms in total. The van der Waals surface area contributed by atoms with Crippen molar-refractivity contribution < 1.29 is 14.3 Å². The zero-order valence-electron chi connectivity index (χ0n) is 20.9. The molecule has 1 atom stereocenters. The van der Waals surface area contributed by atoms with Crippen LogP contribution in [-0.2, 0) is 17.6 Å². The van der Waals surface area contributed by atoms with Crippen molar-refractivity contribution in [3.05, 3.63) is 92.9 Å². The van der Waals surface area contributed by atoms with Crippen LogP contribution in [0.15, 0.2) is 59.5 Å². The molecule has 7 heteroatoms. The number of hydrogen-bond donors (Lipinski definition) is 0. The minimum Gasteiger partial charge on any atom is -0.420 e. The van der Waals surface area contributed by atoms with E-state index in [2.05, 4.69) is 41.5 Å². The summed E-state index contributed by atoms with van der Waals surface area (Å²) in [6.45, 7) is 6.39. The van der Waals surface area contributed by atoms with Gasteiger partial charge < -0.3 is 9.64 Å². The molecular formula is C29H31N3O4. The zero-order chi connectivity index (χ0) is 25.4. The minimum atomic E-state index is -0.567. The number of ether oxygens (including phenoxy) is 1. The molecule has 1 aromatic heterocycles. The predicted octanol–water partition coefficient (Wildman–Crippen LogP) is 4.14. The van der Waals surface area contributed by atoms with E-state index in [1.807, 2.05) is 19.1 Å². The number of aromatic nitrogens is 2. The number of aryl methyl sites for hydroxylation is 2. The molecule has 2 heterocycles. The molecule has 1 amide bonds. The SMILES string of the molecule is CCCN1C[C@H](C2c3ccccc3CCc3ccccc32)n2ncc(=O)c(OC(=O)C(C)C)c2C1=O. The second-order valence-corrected chi connectivity index (χ2v) is 9.90. The quantitative estimate of drug-likeness (QED) is 0.508. The van der Waals surface area contributed by atoms with E-state index in [9.17, 15) is 14.4 Å². The van der Waals surface area contributed by atoms with Crippen molar-refractivity contribution in [2.24, 2.45) is 5.92 Å². The zero-order valence-corrected chi connectivity index (χ0v) is 20.9. The minimum absolute atomic E-state index is 0.0559. The first-order chi connectivity index (χ1) is 17.4. The standard InChI is InChI=1S/C29H31N3O4/c1-4-15-31-17-23(32-26(28(31)34)27(24(33)16-30-32)36-29(35)18(2)3)25-21-11-7-5-9-19(21)13-14-20-10-6-8-12-22(20)25/h5-12,16,18,23,25H,4,13-15,17H2,1-3H3/t23-/m1/s1. The summed E-state index contributed by atoms with van der Waals surface area (Å²) in [7, 11) is 0. The van der Waals surface area contributed by atoms with E-state index in [0.717, 1.165) is 25.5 Å². The molecule has 0 saturated carbocycles. The van der Waals surface area contributed by atoms with Gasteiger partial charge in [0.25, 0.3) is 5.91 Å². The van der Waals surface area contributed by atoms with Crippen LogP contribution in [-0.4, -0.2) is 39.6 Å². The lowest BCUT2D eigenvalue weighted by Crippen LogP contribution is -2.48. The molecule has 5 rings (SSSR count). The van der Waals surface area contributed by atoms with Gasteiger partial charge in [0.1, 0.15) is 0 Å². The van der Waals surface area contributed by atoms with Crippen molar-refractivity contribution in [3.8, 4) is 5.75 Å². The number of hydrogen-bond acceptors (Lipinski definition) is 5. The summed E-state index contributed by atoms with van der Waals surface area (Å²) in [5.41, 5.74) is 4.43. The summed E-state index contributed by atoms with van der Waals surface area (Å²) < 4.78 is 7.18. The summed E-state index contributed by atoms with van der Waals surface area (Å²) in [5.74, 6) is -1.65. The second-order valence-electron chi connectivity index (χ2n) is 9.90. The molecule has 1 aliphatic carbocycles. The maximum Gasteiger partial charge on any atom is 0.313 e. The normalized spacial score (nSPS) is 17.3. The fourth-order valence-corrected chi connectivity index (χ4v) is 5.44. The van der Waals surface area contributed by atoms with Gasteiger partial charge in [-0.25, -0.2) is 0 Å². The highest BCUT2D eigenvalue weighted by molar-refractivity contribution is 5.96. The summed E-state index contributed by atoms with van der Waals surface area (Å²) in [5, 5.41) is 4.48. The highest BCUT2D eigenvalue weighted by atomic mass is 16.5. The van der Waals surface area contributed by atoms with Gasteiger partial charge in [-0.15, -0.1) is 0 Å². The van der Waals surface area contributed by atoms with Crippen molar-refractivity contribution in [2.45, 2.75) is 52.0 Å². The molecular weight excluding hydrogens is 454 g/mol. The largest absolute Gasteiger partial charge is 0.420 e. The van der Waals surface area contributed by atoms with Gasteiger partial charge in [0.2, 0.25) is 11.2 Å². The number of nitrogens with zero attached hydrogens (tertiary/aromatic N) is 3. The lowest BCUT2D eigenvalue weighted by Gasteiger charge is -2.39. The molecule has 1 aliphatic heterocycles. The number of carbonyl (C=O) groups excluding carboxylic acids is 2. The summed E-state index contributed by atoms with van der Waals surface area (Å²) in [4.78, 5) is 40.8. The third-order valence-electron chi connectivity index (χ3n) is 7.18. The lowest BCUT2D eigenvalue weighted by molar-refractivity contribution is -0.137. The van der Waals surface area contributed by atoms with Gasteiger partial charge in [-0.1, -0.05) is 69.3 Å². The maximum atomic E-state index is 13.7. The number of benzene rings is 2. The van der Waals surface area contributed by atoms with Gasteiger partial charge >= 0.3 is 5.97 Å². The smallest absolute Gasteiger partial charge is 0.313 e. The highest BCUT2D eigenvalue weighted by Gasteiger charge is 2.41. The molecule has 0 fully saturated rings. The first-order valence-electron chi connectivity index (χ1n) is 12.7. The molecule has 0 unspecified atom stereocenters. The summed E-state index contributed by atoms with van der Waals surface area (Å²) in [6.07, 6.45) is 3.78. The van der Waals surface area contributed by atoms with Crippen LogP contribution in [0.1, 0.15) is 71.9 Å². The van der Waals surface area contributed by atoms with Gasteiger partial charge in [-0.05, 0) is 41.5 Å². The molecule has 186 valence electrons.